The molecule has 1 atom stereocenters. The van der Waals surface area contributed by atoms with Gasteiger partial charge in [-0.3, -0.25) is 4.79 Å². The minimum atomic E-state index is -0.851. The highest BCUT2D eigenvalue weighted by atomic mass is 35.5. The Hall–Kier alpha value is -1.26. The van der Waals surface area contributed by atoms with Gasteiger partial charge >= 0.3 is 5.97 Å². The molecule has 5 heteroatoms. The monoisotopic (exact) mass is 271 g/mol. The van der Waals surface area contributed by atoms with E-state index >= 15 is 0 Å². The number of rotatable bonds is 6. The highest BCUT2D eigenvalue weighted by Crippen LogP contribution is 2.29. The van der Waals surface area contributed by atoms with Gasteiger partial charge in [-0.1, -0.05) is 17.7 Å². The predicted molar refractivity (Wildman–Crippen MR) is 71.0 cm³/mol. The normalized spacial score (nSPS) is 12.5. The first-order valence-electron chi connectivity index (χ1n) is 5.83. The molecule has 0 aromatic heterocycles. The summed E-state index contributed by atoms with van der Waals surface area (Å²) in [6.07, 6.45) is 0.480. The molecule has 0 spiro atoms. The maximum absolute atomic E-state index is 10.5. The molecule has 0 saturated carbocycles. The van der Waals surface area contributed by atoms with Gasteiger partial charge in [0, 0.05) is 12.5 Å². The number of carboxylic acids is 1. The van der Waals surface area contributed by atoms with Gasteiger partial charge in [-0.25, -0.2) is 0 Å². The topological polar surface area (TPSA) is 72.5 Å². The molecule has 0 fully saturated rings. The summed E-state index contributed by atoms with van der Waals surface area (Å²) in [4.78, 5) is 10.5. The van der Waals surface area contributed by atoms with Crippen molar-refractivity contribution in [2.45, 2.75) is 38.8 Å². The summed E-state index contributed by atoms with van der Waals surface area (Å²) in [6, 6.07) is 4.98. The number of carbonyl (C=O) groups is 1. The summed E-state index contributed by atoms with van der Waals surface area (Å²) >= 11 is 6.08. The first-order chi connectivity index (χ1) is 8.40. The third kappa shape index (κ3) is 4.55. The highest BCUT2D eigenvalue weighted by molar-refractivity contribution is 6.32. The molecular formula is C13H18ClNO3. The number of ether oxygens (including phenoxy) is 1. The van der Waals surface area contributed by atoms with Crippen molar-refractivity contribution < 1.29 is 14.6 Å². The molecule has 0 amide bonds. The van der Waals surface area contributed by atoms with E-state index in [0.717, 1.165) is 5.56 Å². The maximum atomic E-state index is 10.5. The summed E-state index contributed by atoms with van der Waals surface area (Å²) < 4.78 is 5.51. The van der Waals surface area contributed by atoms with Crippen LogP contribution in [0.2, 0.25) is 5.02 Å². The second-order valence-electron chi connectivity index (χ2n) is 4.40. The Morgan fingerprint density at radius 1 is 1.50 bits per heavy atom. The Morgan fingerprint density at radius 3 is 2.67 bits per heavy atom. The van der Waals surface area contributed by atoms with Crippen LogP contribution in [0, 0.1) is 0 Å². The largest absolute Gasteiger partial charge is 0.489 e. The maximum Gasteiger partial charge on any atom is 0.303 e. The molecule has 0 aliphatic carbocycles. The minimum Gasteiger partial charge on any atom is -0.489 e. The van der Waals surface area contributed by atoms with Gasteiger partial charge in [0.25, 0.3) is 0 Å². The molecule has 0 aliphatic heterocycles. The lowest BCUT2D eigenvalue weighted by Gasteiger charge is -2.15. The fourth-order valence-electron chi connectivity index (χ4n) is 1.54. The van der Waals surface area contributed by atoms with Crippen LogP contribution in [0.5, 0.6) is 5.75 Å². The molecule has 0 radical (unpaired) electrons. The van der Waals surface area contributed by atoms with Crippen LogP contribution in [0.25, 0.3) is 0 Å². The van der Waals surface area contributed by atoms with E-state index in [4.69, 9.17) is 27.2 Å². The highest BCUT2D eigenvalue weighted by Gasteiger charge is 2.11. The van der Waals surface area contributed by atoms with E-state index in [2.05, 4.69) is 0 Å². The van der Waals surface area contributed by atoms with Crippen LogP contribution in [0.15, 0.2) is 18.2 Å². The molecule has 1 rings (SSSR count). The molecule has 3 N–H and O–H groups in total. The van der Waals surface area contributed by atoms with E-state index in [0.29, 0.717) is 17.2 Å². The minimum absolute atomic E-state index is 0.0447. The van der Waals surface area contributed by atoms with Crippen molar-refractivity contribution in [3.05, 3.63) is 28.8 Å². The van der Waals surface area contributed by atoms with Crippen LogP contribution in [0.1, 0.15) is 38.3 Å². The van der Waals surface area contributed by atoms with E-state index in [1.54, 1.807) is 12.1 Å². The lowest BCUT2D eigenvalue weighted by Crippen LogP contribution is -2.12. The quantitative estimate of drug-likeness (QED) is 0.834. The average Bonchev–Trinajstić information content (AvgIpc) is 2.28. The fourth-order valence-corrected chi connectivity index (χ4v) is 1.78. The number of nitrogens with two attached hydrogens (primary N) is 1. The standard InChI is InChI=1S/C13H18ClNO3/c1-8(2)18-12-5-3-9(7-10(12)14)11(15)4-6-13(16)17/h3,5,7-8,11H,4,6,15H2,1-2H3,(H,16,17). The number of hydrogen-bond acceptors (Lipinski definition) is 3. The Kier molecular flexibility index (Phi) is 5.44. The summed E-state index contributed by atoms with van der Waals surface area (Å²) in [5.74, 6) is -0.239. The van der Waals surface area contributed by atoms with Crippen molar-refractivity contribution in [3.8, 4) is 5.75 Å². The molecule has 0 saturated heterocycles. The molecule has 0 bridgehead atoms. The zero-order chi connectivity index (χ0) is 13.7. The van der Waals surface area contributed by atoms with Gasteiger partial charge in [0.05, 0.1) is 11.1 Å². The van der Waals surface area contributed by atoms with Gasteiger partial charge in [0.2, 0.25) is 0 Å². The van der Waals surface area contributed by atoms with Gasteiger partial charge in [-0.05, 0) is 38.0 Å². The molecule has 18 heavy (non-hydrogen) atoms. The summed E-state index contributed by atoms with van der Waals surface area (Å²) in [7, 11) is 0. The number of benzene rings is 1. The van der Waals surface area contributed by atoms with Gasteiger partial charge in [-0.2, -0.15) is 0 Å². The fraction of sp³-hybridized carbons (Fsp3) is 0.462. The van der Waals surface area contributed by atoms with Gasteiger partial charge in [0.15, 0.2) is 0 Å². The third-order valence-corrected chi connectivity index (χ3v) is 2.71. The lowest BCUT2D eigenvalue weighted by atomic mass is 10.0. The second kappa shape index (κ2) is 6.61. The SMILES string of the molecule is CC(C)Oc1ccc(C(N)CCC(=O)O)cc1Cl. The number of hydrogen-bond donors (Lipinski definition) is 2. The molecule has 1 aromatic carbocycles. The Balaban J connectivity index is 2.73. The molecular weight excluding hydrogens is 254 g/mol. The zero-order valence-corrected chi connectivity index (χ0v) is 11.3. The van der Waals surface area contributed by atoms with Crippen LogP contribution >= 0.6 is 11.6 Å². The van der Waals surface area contributed by atoms with Crippen molar-refractivity contribution in [1.29, 1.82) is 0 Å². The lowest BCUT2D eigenvalue weighted by molar-refractivity contribution is -0.137. The molecule has 0 heterocycles. The van der Waals surface area contributed by atoms with E-state index in [-0.39, 0.29) is 18.6 Å². The van der Waals surface area contributed by atoms with Crippen molar-refractivity contribution in [3.63, 3.8) is 0 Å². The summed E-state index contributed by atoms with van der Waals surface area (Å²) in [5, 5.41) is 9.10. The van der Waals surface area contributed by atoms with Gasteiger partial charge in [0.1, 0.15) is 5.75 Å². The van der Waals surface area contributed by atoms with Crippen molar-refractivity contribution in [2.24, 2.45) is 5.73 Å². The van der Waals surface area contributed by atoms with Crippen molar-refractivity contribution >= 4 is 17.6 Å². The molecule has 100 valence electrons. The van der Waals surface area contributed by atoms with Crippen molar-refractivity contribution in [2.75, 3.05) is 0 Å². The molecule has 1 unspecified atom stereocenters. The zero-order valence-electron chi connectivity index (χ0n) is 10.5. The Morgan fingerprint density at radius 2 is 2.17 bits per heavy atom. The Bertz CT molecular complexity index is 421. The van der Waals surface area contributed by atoms with Crippen molar-refractivity contribution in [1.82, 2.24) is 0 Å². The van der Waals surface area contributed by atoms with Crippen LogP contribution in [-0.4, -0.2) is 17.2 Å². The van der Waals surface area contributed by atoms with E-state index in [1.807, 2.05) is 19.9 Å². The summed E-state index contributed by atoms with van der Waals surface area (Å²) in [6.45, 7) is 3.84. The van der Waals surface area contributed by atoms with Crippen LogP contribution < -0.4 is 10.5 Å². The predicted octanol–water partition coefficient (Wildman–Crippen LogP) is 2.99. The van der Waals surface area contributed by atoms with E-state index in [9.17, 15) is 4.79 Å². The molecule has 4 nitrogen and oxygen atoms in total. The Labute approximate surface area is 112 Å². The third-order valence-electron chi connectivity index (χ3n) is 2.42. The smallest absolute Gasteiger partial charge is 0.303 e. The number of halogens is 1. The van der Waals surface area contributed by atoms with Crippen LogP contribution in [0.3, 0.4) is 0 Å². The molecule has 0 aliphatic rings. The first-order valence-corrected chi connectivity index (χ1v) is 6.21. The number of aliphatic carboxylic acids is 1. The van der Waals surface area contributed by atoms with Gasteiger partial charge < -0.3 is 15.6 Å². The molecule has 1 aromatic rings. The first kappa shape index (κ1) is 14.8. The summed E-state index contributed by atoms with van der Waals surface area (Å²) in [5.41, 5.74) is 6.72. The van der Waals surface area contributed by atoms with Crippen LogP contribution in [0.4, 0.5) is 0 Å². The second-order valence-corrected chi connectivity index (χ2v) is 4.80. The van der Waals surface area contributed by atoms with E-state index in [1.165, 1.54) is 0 Å². The average molecular weight is 272 g/mol. The van der Waals surface area contributed by atoms with Crippen LogP contribution in [-0.2, 0) is 4.79 Å². The van der Waals surface area contributed by atoms with E-state index < -0.39 is 5.97 Å². The number of carboxylic acid groups (broad SMARTS) is 1. The van der Waals surface area contributed by atoms with Gasteiger partial charge in [-0.15, -0.1) is 0 Å².